The quantitative estimate of drug-likeness (QED) is 0.0821. The third kappa shape index (κ3) is 8.42. The Hall–Kier alpha value is -4.22. The molecule has 1 heterocycles. The van der Waals surface area contributed by atoms with Gasteiger partial charge in [0, 0.05) is 33.3 Å². The van der Waals surface area contributed by atoms with Crippen LogP contribution in [-0.4, -0.2) is 61.0 Å². The molecule has 0 aliphatic carbocycles. The van der Waals surface area contributed by atoms with Gasteiger partial charge in [-0.05, 0) is 64.2 Å². The van der Waals surface area contributed by atoms with Gasteiger partial charge in [0.2, 0.25) is 11.9 Å². The van der Waals surface area contributed by atoms with Crippen LogP contribution in [0.1, 0.15) is 23.1 Å². The highest BCUT2D eigenvalue weighted by molar-refractivity contribution is 6.32. The van der Waals surface area contributed by atoms with Crippen molar-refractivity contribution in [2.75, 3.05) is 33.8 Å². The summed E-state index contributed by atoms with van der Waals surface area (Å²) < 4.78 is 76.0. The molecule has 226 valence electrons. The average molecular weight is 619 g/mol. The molecule has 0 radical (unpaired) electrons. The lowest BCUT2D eigenvalue weighted by molar-refractivity contribution is -0.124. The fraction of sp³-hybridized carbons (Fsp3) is 0.226. The fourth-order valence-electron chi connectivity index (χ4n) is 4.36. The van der Waals surface area contributed by atoms with Gasteiger partial charge in [-0.25, -0.2) is 4.39 Å². The number of likely N-dealkylation sites (N-methyl/N-ethyl adjacent to an activating group) is 1. The summed E-state index contributed by atoms with van der Waals surface area (Å²) in [4.78, 5) is 13.0. The third-order valence-electron chi connectivity index (χ3n) is 6.39. The minimum atomic E-state index is -4.64. The lowest BCUT2D eigenvalue weighted by Crippen LogP contribution is -2.22. The first-order valence-electron chi connectivity index (χ1n) is 13.1. The van der Waals surface area contributed by atoms with Crippen LogP contribution in [-0.2, 0) is 4.79 Å². The second-order valence-electron chi connectivity index (χ2n) is 9.75. The van der Waals surface area contributed by atoms with Gasteiger partial charge in [-0.15, -0.1) is 0 Å². The van der Waals surface area contributed by atoms with E-state index in [1.807, 2.05) is 0 Å². The number of allylic oxidation sites excluding steroid dienone is 1. The summed E-state index contributed by atoms with van der Waals surface area (Å²) in [5, 5.41) is 9.10. The second-order valence-corrected chi connectivity index (χ2v) is 10.2. The number of carbonyl (C=O) groups is 1. The Labute approximate surface area is 249 Å². The molecule has 2 N–H and O–H groups in total. The van der Waals surface area contributed by atoms with Crippen molar-refractivity contribution < 1.29 is 31.5 Å². The van der Waals surface area contributed by atoms with E-state index in [4.69, 9.17) is 16.3 Å². The van der Waals surface area contributed by atoms with Gasteiger partial charge in [-0.3, -0.25) is 9.89 Å². The molecule has 3 aromatic carbocycles. The molecule has 0 fully saturated rings. The average Bonchev–Trinajstić information content (AvgIpc) is 3.32. The molecule has 43 heavy (non-hydrogen) atoms. The van der Waals surface area contributed by atoms with Gasteiger partial charge in [0.1, 0.15) is 18.2 Å². The van der Waals surface area contributed by atoms with Crippen LogP contribution in [0.5, 0.6) is 5.75 Å². The molecule has 0 saturated carbocycles. The first kappa shape index (κ1) is 31.7. The van der Waals surface area contributed by atoms with E-state index in [-0.39, 0.29) is 38.6 Å². The van der Waals surface area contributed by atoms with E-state index in [9.17, 15) is 26.7 Å². The highest BCUT2D eigenvalue weighted by atomic mass is 35.5. The van der Waals surface area contributed by atoms with Crippen LogP contribution in [0.25, 0.3) is 22.0 Å². The number of carbonyl (C=O) groups excluding carboxylic acids is 1. The first-order chi connectivity index (χ1) is 20.4. The summed E-state index contributed by atoms with van der Waals surface area (Å²) in [5.41, 5.74) is 0.890. The van der Waals surface area contributed by atoms with Gasteiger partial charge in [0.15, 0.2) is 0 Å². The molecule has 1 aromatic heterocycles. The zero-order valence-corrected chi connectivity index (χ0v) is 24.0. The molecule has 4 aromatic rings. The normalized spacial score (nSPS) is 12.6. The van der Waals surface area contributed by atoms with E-state index in [1.54, 1.807) is 50.5 Å². The van der Waals surface area contributed by atoms with Crippen LogP contribution in [0.4, 0.5) is 22.0 Å². The highest BCUT2D eigenvalue weighted by Gasteiger charge is 2.32. The number of benzene rings is 3. The molecule has 1 amide bonds. The van der Waals surface area contributed by atoms with Crippen molar-refractivity contribution in [2.45, 2.75) is 12.6 Å². The molecule has 0 atom stereocenters. The molecule has 6 nitrogen and oxygen atoms in total. The van der Waals surface area contributed by atoms with Crippen LogP contribution in [0.15, 0.2) is 72.8 Å². The third-order valence-corrected chi connectivity index (χ3v) is 6.70. The van der Waals surface area contributed by atoms with Crippen LogP contribution >= 0.6 is 11.6 Å². The molecule has 0 unspecified atom stereocenters. The van der Waals surface area contributed by atoms with Crippen molar-refractivity contribution in [1.82, 2.24) is 20.4 Å². The van der Waals surface area contributed by atoms with Crippen molar-refractivity contribution >= 4 is 39.6 Å². The smallest absolute Gasteiger partial charge is 0.393 e. The van der Waals surface area contributed by atoms with Gasteiger partial charge >= 0.3 is 6.18 Å². The Bertz CT molecular complexity index is 1650. The highest BCUT2D eigenvalue weighted by Crippen LogP contribution is 2.42. The van der Waals surface area contributed by atoms with E-state index in [2.05, 4.69) is 15.5 Å². The number of fused-ring (bicyclic) bond motifs is 1. The van der Waals surface area contributed by atoms with E-state index in [0.29, 0.717) is 36.5 Å². The summed E-state index contributed by atoms with van der Waals surface area (Å²) in [6.07, 6.45) is -2.86. The maximum atomic E-state index is 14.4. The molecule has 0 aliphatic heterocycles. The number of hydrogen-bond donors (Lipinski definition) is 2. The summed E-state index contributed by atoms with van der Waals surface area (Å²) in [5.74, 6) is -1.08. The molecule has 0 aliphatic rings. The Kier molecular flexibility index (Phi) is 10.2. The molecule has 0 saturated heterocycles. The molecule has 0 bridgehead atoms. The number of rotatable bonds is 11. The Morgan fingerprint density at radius 2 is 1.77 bits per heavy atom. The number of aromatic amines is 1. The van der Waals surface area contributed by atoms with E-state index in [1.165, 1.54) is 29.2 Å². The number of nitrogens with zero attached hydrogens (tertiary/aromatic N) is 2. The zero-order valence-electron chi connectivity index (χ0n) is 23.2. The van der Waals surface area contributed by atoms with Crippen molar-refractivity contribution in [1.29, 1.82) is 0 Å². The minimum Gasteiger partial charge on any atom is -0.492 e. The zero-order chi connectivity index (χ0) is 31.1. The predicted octanol–water partition coefficient (Wildman–Crippen LogP) is 7.02. The number of aromatic nitrogens is 2. The number of hydrogen-bond acceptors (Lipinski definition) is 4. The molecular formula is C31H28ClF5N4O2. The fourth-order valence-corrected chi connectivity index (χ4v) is 4.64. The summed E-state index contributed by atoms with van der Waals surface area (Å²) in [6, 6.07) is 14.0. The molecule has 4 rings (SSSR count). The summed E-state index contributed by atoms with van der Waals surface area (Å²) in [7, 11) is 3.32. The number of alkyl halides is 3. The largest absolute Gasteiger partial charge is 0.492 e. The van der Waals surface area contributed by atoms with Crippen LogP contribution in [0.3, 0.4) is 0 Å². The Morgan fingerprint density at radius 3 is 2.44 bits per heavy atom. The number of amides is 1. The van der Waals surface area contributed by atoms with Gasteiger partial charge in [0.25, 0.3) is 0 Å². The van der Waals surface area contributed by atoms with Gasteiger partial charge < -0.3 is 15.0 Å². The minimum absolute atomic E-state index is 0.00381. The second kappa shape index (κ2) is 13.8. The summed E-state index contributed by atoms with van der Waals surface area (Å²) >= 11 is 6.27. The lowest BCUT2D eigenvalue weighted by atomic mass is 9.87. The lowest BCUT2D eigenvalue weighted by Gasteiger charge is -2.20. The monoisotopic (exact) mass is 618 g/mol. The number of nitrogens with one attached hydrogen (secondary N) is 2. The standard InChI is InChI=1S/C31H28ClF5N4O2/c1-41(2)28(42)4-3-13-38-14-15-43-22-9-5-19(6-10-22)29(20-7-12-27-24(16-20)30(34)40-39-27)25(18-31(35,36)37)23-11-8-21(33)17-26(23)32/h3-12,16-17,38H,13-15,18H2,1-2H3,(H,39,40)/b4-3+,29-25+. The van der Waals surface area contributed by atoms with E-state index < -0.39 is 24.4 Å². The maximum Gasteiger partial charge on any atom is 0.393 e. The molecular weight excluding hydrogens is 591 g/mol. The van der Waals surface area contributed by atoms with E-state index in [0.717, 1.165) is 12.1 Å². The first-order valence-corrected chi connectivity index (χ1v) is 13.5. The number of halogens is 6. The van der Waals surface area contributed by atoms with Crippen molar-refractivity contribution in [3.8, 4) is 5.75 Å². The van der Waals surface area contributed by atoms with E-state index >= 15 is 0 Å². The molecule has 12 heteroatoms. The van der Waals surface area contributed by atoms with Crippen molar-refractivity contribution in [3.63, 3.8) is 0 Å². The maximum absolute atomic E-state index is 14.4. The topological polar surface area (TPSA) is 70.2 Å². The predicted molar refractivity (Wildman–Crippen MR) is 157 cm³/mol. The number of H-pyrrole nitrogens is 1. The molecule has 0 spiro atoms. The van der Waals surface area contributed by atoms with Crippen molar-refractivity contribution in [2.24, 2.45) is 0 Å². The van der Waals surface area contributed by atoms with Crippen molar-refractivity contribution in [3.05, 3.63) is 106 Å². The number of ether oxygens (including phenoxy) is 1. The van der Waals surface area contributed by atoms with Gasteiger partial charge in [0.05, 0.1) is 22.3 Å². The SMILES string of the molecule is CN(C)C(=O)/C=C/CNCCOc1ccc(/C(=C(/CC(F)(F)F)c2ccc(F)cc2Cl)c2ccc3n[nH]c(F)c3c2)cc1. The van der Waals surface area contributed by atoms with Gasteiger partial charge in [-0.1, -0.05) is 41.9 Å². The van der Waals surface area contributed by atoms with Crippen LogP contribution in [0.2, 0.25) is 5.02 Å². The van der Waals surface area contributed by atoms with Crippen LogP contribution in [0, 0.1) is 11.8 Å². The van der Waals surface area contributed by atoms with Crippen LogP contribution < -0.4 is 10.1 Å². The Balaban J connectivity index is 1.67. The summed E-state index contributed by atoms with van der Waals surface area (Å²) in [6.45, 7) is 1.23. The Morgan fingerprint density at radius 1 is 1.05 bits per heavy atom. The van der Waals surface area contributed by atoms with Gasteiger partial charge in [-0.2, -0.15) is 22.7 Å².